The van der Waals surface area contributed by atoms with E-state index in [0.29, 0.717) is 11.6 Å². The highest BCUT2D eigenvalue weighted by atomic mass is 36.0. The van der Waals surface area contributed by atoms with E-state index in [1.807, 2.05) is 26.0 Å². The number of rotatable bonds is 2. The number of benzene rings is 1. The van der Waals surface area contributed by atoms with Crippen LogP contribution in [0.5, 0.6) is 0 Å². The van der Waals surface area contributed by atoms with Gasteiger partial charge in [0.05, 0.1) is 5.69 Å². The van der Waals surface area contributed by atoms with Gasteiger partial charge in [-0.1, -0.05) is 26.0 Å². The van der Waals surface area contributed by atoms with Crippen molar-refractivity contribution in [3.8, 4) is 5.69 Å². The molecule has 0 unspecified atom stereocenters. The van der Waals surface area contributed by atoms with Crippen molar-refractivity contribution < 1.29 is 21.6 Å². The van der Waals surface area contributed by atoms with E-state index in [4.69, 9.17) is 14.2 Å². The van der Waals surface area contributed by atoms with Crippen LogP contribution < -0.4 is 5.73 Å². The first-order valence-electron chi connectivity index (χ1n) is 6.75. The number of anilines is 1. The third kappa shape index (κ3) is 6.71. The first-order valence-corrected chi connectivity index (χ1v) is 9.88. The summed E-state index contributed by atoms with van der Waals surface area (Å²) in [5.74, 6) is -1.18. The minimum atomic E-state index is -4.61. The van der Waals surface area contributed by atoms with Crippen LogP contribution in [-0.4, -0.2) is 23.2 Å². The largest absolute Gasteiger partial charge is 0.453 e. The zero-order valence-electron chi connectivity index (χ0n) is 13.3. The fourth-order valence-electron chi connectivity index (χ4n) is 1.90. The van der Waals surface area contributed by atoms with Gasteiger partial charge in [-0.15, -0.1) is 5.10 Å². The average molecular weight is 419 g/mol. The van der Waals surface area contributed by atoms with Gasteiger partial charge in [0.25, 0.3) is 5.82 Å². The summed E-state index contributed by atoms with van der Waals surface area (Å²) < 4.78 is 57.1. The van der Waals surface area contributed by atoms with E-state index in [1.54, 1.807) is 13.0 Å². The zero-order valence-corrected chi connectivity index (χ0v) is 15.7. The summed E-state index contributed by atoms with van der Waals surface area (Å²) in [7, 11) is 4.81. The van der Waals surface area contributed by atoms with Gasteiger partial charge in [0.15, 0.2) is 0 Å². The van der Waals surface area contributed by atoms with Crippen LogP contribution in [0.4, 0.5) is 19.1 Å². The van der Waals surface area contributed by atoms with E-state index in [9.17, 15) is 13.2 Å². The van der Waals surface area contributed by atoms with Crippen molar-refractivity contribution in [1.82, 2.24) is 14.8 Å². The number of nitrogens with two attached hydrogens (primary N) is 1. The highest BCUT2D eigenvalue weighted by Crippen LogP contribution is 2.29. The van der Waals surface area contributed by atoms with Gasteiger partial charge in [-0.05, 0) is 30.0 Å². The molecule has 1 aromatic carbocycles. The van der Waals surface area contributed by atoms with Crippen LogP contribution in [0.3, 0.4) is 0 Å². The third-order valence-electron chi connectivity index (χ3n) is 3.00. The lowest BCUT2D eigenvalue weighted by Gasteiger charge is -2.11. The Kier molecular flexibility index (Phi) is 6.71. The highest BCUT2D eigenvalue weighted by molar-refractivity contribution is 8.31. The zero-order chi connectivity index (χ0) is 19.6. The number of nitrogens with zero attached hydrogens (tertiary/aromatic N) is 3. The lowest BCUT2D eigenvalue weighted by molar-refractivity contribution is -0.144. The molecule has 25 heavy (non-hydrogen) atoms. The van der Waals surface area contributed by atoms with Gasteiger partial charge in [-0.2, -0.15) is 31.3 Å². The summed E-state index contributed by atoms with van der Waals surface area (Å²) >= 11 is 0. The van der Waals surface area contributed by atoms with Crippen LogP contribution in [0.2, 0.25) is 0 Å². The van der Waals surface area contributed by atoms with Gasteiger partial charge < -0.3 is 5.73 Å². The predicted octanol–water partition coefficient (Wildman–Crippen LogP) is 4.01. The Morgan fingerprint density at radius 1 is 1.24 bits per heavy atom. The molecule has 2 rings (SSSR count). The summed E-state index contributed by atoms with van der Waals surface area (Å²) in [5, 5.41) is 3.44. The number of hydrogen-bond acceptors (Lipinski definition) is 5. The van der Waals surface area contributed by atoms with Gasteiger partial charge in [-0.25, -0.2) is 0 Å². The van der Waals surface area contributed by atoms with Gasteiger partial charge in [0, 0.05) is 21.4 Å². The summed E-state index contributed by atoms with van der Waals surface area (Å²) in [4.78, 5) is 3.26. The number of nitrogen functional groups attached to an aromatic ring is 1. The monoisotopic (exact) mass is 418 g/mol. The Labute approximate surface area is 151 Å². The Hall–Kier alpha value is -1.52. The Morgan fingerprint density at radius 2 is 1.76 bits per heavy atom. The molecule has 1 heterocycles. The molecule has 1 aromatic heterocycles. The molecule has 0 radical (unpaired) electrons. The van der Waals surface area contributed by atoms with Crippen molar-refractivity contribution in [3.05, 3.63) is 35.2 Å². The van der Waals surface area contributed by atoms with Crippen LogP contribution in [0.1, 0.15) is 36.7 Å². The predicted molar refractivity (Wildman–Crippen MR) is 90.2 cm³/mol. The standard InChI is InChI=1S/C13H15F3N4.Cl2O2S/c1-7(2)9-4-5-10(8(3)6-9)20-12(17)18-11(19-20)13(14,15)16;1-5(2,3)4/h4-7H,1-3H3,(H2,17,18,19);. The maximum absolute atomic E-state index is 12.6. The fourth-order valence-corrected chi connectivity index (χ4v) is 1.90. The van der Waals surface area contributed by atoms with E-state index >= 15 is 0 Å². The molecule has 2 aromatic rings. The van der Waals surface area contributed by atoms with Gasteiger partial charge >= 0.3 is 14.4 Å². The summed E-state index contributed by atoms with van der Waals surface area (Å²) in [6.07, 6.45) is -4.61. The number of hydrogen-bond donors (Lipinski definition) is 1. The first kappa shape index (κ1) is 21.5. The molecule has 140 valence electrons. The third-order valence-corrected chi connectivity index (χ3v) is 3.00. The summed E-state index contributed by atoms with van der Waals surface area (Å²) in [6.45, 7) is 5.88. The lowest BCUT2D eigenvalue weighted by Crippen LogP contribution is -2.09. The molecule has 0 aliphatic heterocycles. The number of aryl methyl sites for hydroxylation is 1. The average Bonchev–Trinajstić information content (AvgIpc) is 2.78. The molecule has 0 saturated heterocycles. The molecular weight excluding hydrogens is 404 g/mol. The van der Waals surface area contributed by atoms with E-state index in [-0.39, 0.29) is 5.95 Å². The van der Waals surface area contributed by atoms with Crippen molar-refractivity contribution in [2.24, 2.45) is 0 Å². The van der Waals surface area contributed by atoms with Crippen molar-refractivity contribution in [3.63, 3.8) is 0 Å². The van der Waals surface area contributed by atoms with Gasteiger partial charge in [-0.3, -0.25) is 0 Å². The smallest absolute Gasteiger partial charge is 0.368 e. The molecule has 0 aliphatic carbocycles. The van der Waals surface area contributed by atoms with Gasteiger partial charge in [0.2, 0.25) is 5.95 Å². The quantitative estimate of drug-likeness (QED) is 0.743. The van der Waals surface area contributed by atoms with E-state index < -0.39 is 20.3 Å². The molecule has 0 atom stereocenters. The van der Waals surface area contributed by atoms with E-state index in [0.717, 1.165) is 15.8 Å². The molecule has 6 nitrogen and oxygen atoms in total. The van der Waals surface area contributed by atoms with E-state index in [2.05, 4.69) is 31.4 Å². The Bertz CT molecular complexity index is 843. The minimum Gasteiger partial charge on any atom is -0.368 e. The molecule has 0 fully saturated rings. The van der Waals surface area contributed by atoms with Crippen molar-refractivity contribution in [2.75, 3.05) is 5.73 Å². The molecule has 0 aliphatic rings. The summed E-state index contributed by atoms with van der Waals surface area (Å²) in [5.41, 5.74) is 7.91. The second kappa shape index (κ2) is 7.79. The molecular formula is C13H15Cl2F3N4O2S. The lowest BCUT2D eigenvalue weighted by atomic mass is 10.0. The molecule has 0 bridgehead atoms. The van der Waals surface area contributed by atoms with Crippen molar-refractivity contribution in [1.29, 1.82) is 0 Å². The topological polar surface area (TPSA) is 90.9 Å². The highest BCUT2D eigenvalue weighted by Gasteiger charge is 2.37. The van der Waals surface area contributed by atoms with Crippen LogP contribution >= 0.6 is 21.4 Å². The minimum absolute atomic E-state index is 0.280. The van der Waals surface area contributed by atoms with Crippen LogP contribution in [-0.2, 0) is 14.4 Å². The van der Waals surface area contributed by atoms with E-state index in [1.165, 1.54) is 0 Å². The molecule has 0 spiro atoms. The summed E-state index contributed by atoms with van der Waals surface area (Å²) in [6, 6.07) is 5.46. The number of aromatic nitrogens is 3. The molecule has 2 N–H and O–H groups in total. The second-order valence-corrected chi connectivity index (χ2v) is 8.95. The molecule has 0 saturated carbocycles. The normalized spacial score (nSPS) is 12.0. The number of alkyl halides is 3. The van der Waals surface area contributed by atoms with Crippen molar-refractivity contribution >= 4 is 35.6 Å². The molecule has 0 amide bonds. The van der Waals surface area contributed by atoms with Crippen LogP contribution in [0.15, 0.2) is 18.2 Å². The van der Waals surface area contributed by atoms with Crippen LogP contribution in [0, 0.1) is 6.92 Å². The van der Waals surface area contributed by atoms with Crippen LogP contribution in [0.25, 0.3) is 5.69 Å². The first-order chi connectivity index (χ1) is 11.2. The van der Waals surface area contributed by atoms with Gasteiger partial charge in [0.1, 0.15) is 0 Å². The number of halogens is 5. The Balaban J connectivity index is 0.000000550. The molecule has 12 heteroatoms. The maximum atomic E-state index is 12.6. The maximum Gasteiger partial charge on any atom is 0.453 e. The Morgan fingerprint density at radius 3 is 2.12 bits per heavy atom. The second-order valence-electron chi connectivity index (χ2n) is 5.28. The van der Waals surface area contributed by atoms with Crippen molar-refractivity contribution in [2.45, 2.75) is 32.9 Å². The SMILES string of the molecule is Cc1cc(C(C)C)ccc1-n1nc(C(F)(F)F)nc1N.O=S(=O)(Cl)Cl. The fraction of sp³-hybridized carbons (Fsp3) is 0.385.